The van der Waals surface area contributed by atoms with E-state index in [4.69, 9.17) is 5.73 Å². The quantitative estimate of drug-likeness (QED) is 0.531. The highest BCUT2D eigenvalue weighted by Crippen LogP contribution is 2.34. The number of nitrogens with zero attached hydrogens (tertiary/aromatic N) is 2. The summed E-state index contributed by atoms with van der Waals surface area (Å²) in [5, 5.41) is 11.0. The molecule has 0 fully saturated rings. The number of rotatable bonds is 5. The molecule has 0 bridgehead atoms. The molecular formula is C16H14N4O4S. The van der Waals surface area contributed by atoms with Crippen LogP contribution < -0.4 is 10.5 Å². The first kappa shape index (κ1) is 16.8. The number of sulfonamides is 1. The predicted octanol–water partition coefficient (Wildman–Crippen LogP) is 2.20. The molecule has 0 aliphatic carbocycles. The Morgan fingerprint density at radius 2 is 1.72 bits per heavy atom. The van der Waals surface area contributed by atoms with Crippen molar-refractivity contribution < 1.29 is 13.3 Å². The molecule has 0 aliphatic heterocycles. The Labute approximate surface area is 143 Å². The van der Waals surface area contributed by atoms with Crippen LogP contribution in [0.15, 0.2) is 59.6 Å². The third-order valence-electron chi connectivity index (χ3n) is 3.61. The van der Waals surface area contributed by atoms with Gasteiger partial charge in [0.25, 0.3) is 10.0 Å². The summed E-state index contributed by atoms with van der Waals surface area (Å²) in [5.74, 6) is 0. The van der Waals surface area contributed by atoms with Gasteiger partial charge in [0.15, 0.2) is 5.69 Å². The fraction of sp³-hybridized carbons (Fsp3) is 0.0625. The van der Waals surface area contributed by atoms with Gasteiger partial charge in [-0.2, -0.15) is 0 Å². The van der Waals surface area contributed by atoms with Crippen LogP contribution in [0.5, 0.6) is 0 Å². The number of nitrogens with two attached hydrogens (primary N) is 1. The van der Waals surface area contributed by atoms with Crippen LogP contribution in [-0.2, 0) is 16.6 Å². The molecule has 9 heteroatoms. The summed E-state index contributed by atoms with van der Waals surface area (Å²) < 4.78 is 27.5. The minimum Gasteiger partial charge on any atom is -0.391 e. The van der Waals surface area contributed by atoms with Crippen LogP contribution in [0.4, 0.5) is 11.4 Å². The smallest absolute Gasteiger partial charge is 0.304 e. The number of hydrogen-bond donors (Lipinski definition) is 2. The van der Waals surface area contributed by atoms with Crippen LogP contribution in [0.25, 0.3) is 10.9 Å². The van der Waals surface area contributed by atoms with E-state index in [-0.39, 0.29) is 17.4 Å². The minimum absolute atomic E-state index is 0.0188. The van der Waals surface area contributed by atoms with Crippen molar-refractivity contribution in [3.05, 3.63) is 70.3 Å². The van der Waals surface area contributed by atoms with Crippen molar-refractivity contribution in [2.75, 3.05) is 5.73 Å². The van der Waals surface area contributed by atoms with Gasteiger partial charge in [-0.15, -0.1) is 0 Å². The number of pyridine rings is 1. The van der Waals surface area contributed by atoms with Crippen LogP contribution in [0, 0.1) is 10.1 Å². The van der Waals surface area contributed by atoms with Crippen molar-refractivity contribution in [3.63, 3.8) is 0 Å². The maximum atomic E-state index is 12.6. The molecule has 0 unspecified atom stereocenters. The SMILES string of the molecule is Nc1c(S(=O)(=O)NCc2ccccc2)nc2ccccc2c1[N+](=O)[O-]. The summed E-state index contributed by atoms with van der Waals surface area (Å²) in [6, 6.07) is 15.0. The minimum atomic E-state index is -4.13. The first-order valence-electron chi connectivity index (χ1n) is 7.26. The average Bonchev–Trinajstić information content (AvgIpc) is 2.60. The largest absolute Gasteiger partial charge is 0.391 e. The van der Waals surface area contributed by atoms with E-state index in [0.29, 0.717) is 0 Å². The number of nitrogens with one attached hydrogen (secondary N) is 1. The van der Waals surface area contributed by atoms with E-state index in [1.165, 1.54) is 12.1 Å². The Morgan fingerprint density at radius 3 is 2.40 bits per heavy atom. The highest BCUT2D eigenvalue weighted by Gasteiger charge is 2.28. The van der Waals surface area contributed by atoms with Gasteiger partial charge in [0.1, 0.15) is 0 Å². The average molecular weight is 358 g/mol. The zero-order valence-corrected chi connectivity index (χ0v) is 13.7. The molecule has 8 nitrogen and oxygen atoms in total. The number of fused-ring (bicyclic) bond motifs is 1. The third kappa shape index (κ3) is 3.28. The van der Waals surface area contributed by atoms with Gasteiger partial charge in [0.05, 0.1) is 15.8 Å². The lowest BCUT2D eigenvalue weighted by Crippen LogP contribution is -2.25. The number of benzene rings is 2. The lowest BCUT2D eigenvalue weighted by Gasteiger charge is -2.10. The monoisotopic (exact) mass is 358 g/mol. The summed E-state index contributed by atoms with van der Waals surface area (Å²) >= 11 is 0. The van der Waals surface area contributed by atoms with Crippen LogP contribution in [-0.4, -0.2) is 18.3 Å². The molecule has 1 heterocycles. The molecule has 0 saturated carbocycles. The van der Waals surface area contributed by atoms with E-state index in [1.807, 2.05) is 6.07 Å². The van der Waals surface area contributed by atoms with Gasteiger partial charge in [-0.25, -0.2) is 18.1 Å². The Morgan fingerprint density at radius 1 is 1.08 bits per heavy atom. The van der Waals surface area contributed by atoms with E-state index in [0.717, 1.165) is 5.56 Å². The molecule has 0 spiro atoms. The zero-order chi connectivity index (χ0) is 18.0. The van der Waals surface area contributed by atoms with Gasteiger partial charge in [-0.05, 0) is 17.7 Å². The van der Waals surface area contributed by atoms with Crippen molar-refractivity contribution in [3.8, 4) is 0 Å². The second-order valence-corrected chi connectivity index (χ2v) is 6.95. The van der Waals surface area contributed by atoms with Gasteiger partial charge in [0, 0.05) is 6.54 Å². The Hall–Kier alpha value is -3.04. The van der Waals surface area contributed by atoms with Crippen LogP contribution >= 0.6 is 0 Å². The fourth-order valence-electron chi connectivity index (χ4n) is 2.43. The highest BCUT2D eigenvalue weighted by atomic mass is 32.2. The van der Waals surface area contributed by atoms with Gasteiger partial charge in [0.2, 0.25) is 5.03 Å². The Bertz CT molecular complexity index is 1050. The lowest BCUT2D eigenvalue weighted by molar-refractivity contribution is -0.382. The predicted molar refractivity (Wildman–Crippen MR) is 93.3 cm³/mol. The molecule has 0 saturated heterocycles. The molecule has 3 N–H and O–H groups in total. The van der Waals surface area contributed by atoms with Crippen molar-refractivity contribution in [2.45, 2.75) is 11.6 Å². The number of anilines is 1. The molecular weight excluding hydrogens is 344 g/mol. The van der Waals surface area contributed by atoms with E-state index < -0.39 is 31.3 Å². The number of para-hydroxylation sites is 1. The molecule has 128 valence electrons. The van der Waals surface area contributed by atoms with Gasteiger partial charge in [-0.3, -0.25) is 10.1 Å². The summed E-state index contributed by atoms with van der Waals surface area (Å²) in [4.78, 5) is 14.7. The first-order valence-corrected chi connectivity index (χ1v) is 8.74. The third-order valence-corrected chi connectivity index (χ3v) is 4.96. The Balaban J connectivity index is 2.08. The molecule has 0 amide bonds. The standard InChI is InChI=1S/C16H14N4O4S/c17-14-15(20(21)22)12-8-4-5-9-13(12)19-16(14)25(23,24)18-10-11-6-2-1-3-7-11/h1-9,18H,10,17H2. The molecule has 0 radical (unpaired) electrons. The number of aromatic nitrogens is 1. The van der Waals surface area contributed by atoms with Crippen molar-refractivity contribution in [1.82, 2.24) is 9.71 Å². The first-order chi connectivity index (χ1) is 11.9. The second kappa shape index (κ2) is 6.46. The zero-order valence-electron chi connectivity index (χ0n) is 12.9. The molecule has 3 rings (SSSR count). The van der Waals surface area contributed by atoms with E-state index >= 15 is 0 Å². The number of nitrogen functional groups attached to an aromatic ring is 1. The van der Waals surface area contributed by atoms with Gasteiger partial charge >= 0.3 is 5.69 Å². The summed E-state index contributed by atoms with van der Waals surface area (Å²) in [7, 11) is -4.13. The van der Waals surface area contributed by atoms with Gasteiger partial charge < -0.3 is 5.73 Å². The number of hydrogen-bond acceptors (Lipinski definition) is 6. The molecule has 25 heavy (non-hydrogen) atoms. The molecule has 3 aromatic rings. The van der Waals surface area contributed by atoms with E-state index in [1.54, 1.807) is 36.4 Å². The van der Waals surface area contributed by atoms with Crippen molar-refractivity contribution in [2.24, 2.45) is 0 Å². The van der Waals surface area contributed by atoms with Crippen molar-refractivity contribution in [1.29, 1.82) is 0 Å². The van der Waals surface area contributed by atoms with E-state index in [9.17, 15) is 18.5 Å². The normalized spacial score (nSPS) is 11.5. The summed E-state index contributed by atoms with van der Waals surface area (Å²) in [5.41, 5.74) is 5.75. The van der Waals surface area contributed by atoms with Crippen molar-refractivity contribution >= 4 is 32.3 Å². The highest BCUT2D eigenvalue weighted by molar-refractivity contribution is 7.89. The lowest BCUT2D eigenvalue weighted by atomic mass is 10.2. The maximum Gasteiger partial charge on any atom is 0.304 e. The fourth-order valence-corrected chi connectivity index (χ4v) is 3.53. The van der Waals surface area contributed by atoms with Crippen LogP contribution in [0.3, 0.4) is 0 Å². The number of nitro groups is 1. The summed E-state index contributed by atoms with van der Waals surface area (Å²) in [6.45, 7) is 0.0188. The van der Waals surface area contributed by atoms with Crippen LogP contribution in [0.1, 0.15) is 5.56 Å². The topological polar surface area (TPSA) is 128 Å². The van der Waals surface area contributed by atoms with Crippen LogP contribution in [0.2, 0.25) is 0 Å². The maximum absolute atomic E-state index is 12.6. The second-order valence-electron chi connectivity index (χ2n) is 5.26. The van der Waals surface area contributed by atoms with E-state index in [2.05, 4.69) is 9.71 Å². The summed E-state index contributed by atoms with van der Waals surface area (Å²) in [6.07, 6.45) is 0. The van der Waals surface area contributed by atoms with Gasteiger partial charge in [-0.1, -0.05) is 42.5 Å². The molecule has 0 aliphatic rings. The Kier molecular flexibility index (Phi) is 4.34. The molecule has 1 aromatic heterocycles. The molecule has 0 atom stereocenters. The molecule has 2 aromatic carbocycles.